The summed E-state index contributed by atoms with van der Waals surface area (Å²) in [5.41, 5.74) is 2.55. The van der Waals surface area contributed by atoms with E-state index >= 15 is 0 Å². The number of carbonyl (C=O) groups is 1. The first-order valence-corrected chi connectivity index (χ1v) is 8.55. The highest BCUT2D eigenvalue weighted by Crippen LogP contribution is 2.19. The van der Waals surface area contributed by atoms with Gasteiger partial charge in [0.1, 0.15) is 0 Å². The third-order valence-corrected chi connectivity index (χ3v) is 5.02. The fourth-order valence-corrected chi connectivity index (χ4v) is 3.63. The Bertz CT molecular complexity index is 623. The van der Waals surface area contributed by atoms with Crippen molar-refractivity contribution in [1.82, 2.24) is 4.90 Å². The van der Waals surface area contributed by atoms with Crippen molar-refractivity contribution >= 4 is 17.1 Å². The quantitative estimate of drug-likeness (QED) is 0.792. The van der Waals surface area contributed by atoms with Crippen molar-refractivity contribution in [3.05, 3.63) is 57.8 Å². The molecule has 0 N–H and O–H groups in total. The number of thiophene rings is 1. The standard InChI is InChI=1S/C18H21NO2S/c1-14(20)18-10-16(13-22-18)11-19-7-8-21-17(12-19)9-15-5-3-2-4-6-15/h2-6,10,13,17H,7-9,11-12H2,1H3/t17-/m0/s1. The van der Waals surface area contributed by atoms with Gasteiger partial charge in [0.2, 0.25) is 0 Å². The van der Waals surface area contributed by atoms with Crippen molar-refractivity contribution in [2.45, 2.75) is 26.0 Å². The van der Waals surface area contributed by atoms with E-state index in [1.807, 2.05) is 12.1 Å². The molecule has 1 fully saturated rings. The van der Waals surface area contributed by atoms with Crippen LogP contribution in [0.1, 0.15) is 27.7 Å². The van der Waals surface area contributed by atoms with Gasteiger partial charge in [0.25, 0.3) is 0 Å². The van der Waals surface area contributed by atoms with Crippen LogP contribution in [-0.4, -0.2) is 36.5 Å². The number of morpholine rings is 1. The largest absolute Gasteiger partial charge is 0.375 e. The molecule has 3 rings (SSSR count). The molecule has 4 heteroatoms. The first kappa shape index (κ1) is 15.4. The lowest BCUT2D eigenvalue weighted by molar-refractivity contribution is -0.0304. The highest BCUT2D eigenvalue weighted by molar-refractivity contribution is 7.12. The Morgan fingerprint density at radius 3 is 2.86 bits per heavy atom. The van der Waals surface area contributed by atoms with Crippen LogP contribution >= 0.6 is 11.3 Å². The Morgan fingerprint density at radius 1 is 1.32 bits per heavy atom. The van der Waals surface area contributed by atoms with Crippen molar-refractivity contribution in [2.24, 2.45) is 0 Å². The molecule has 116 valence electrons. The second kappa shape index (κ2) is 7.18. The lowest BCUT2D eigenvalue weighted by atomic mass is 10.1. The van der Waals surface area contributed by atoms with E-state index in [-0.39, 0.29) is 11.9 Å². The zero-order valence-corrected chi connectivity index (χ0v) is 13.6. The van der Waals surface area contributed by atoms with Gasteiger partial charge in [-0.25, -0.2) is 0 Å². The second-order valence-electron chi connectivity index (χ2n) is 5.79. The Kier molecular flexibility index (Phi) is 5.03. The molecular formula is C18H21NO2S. The summed E-state index contributed by atoms with van der Waals surface area (Å²) < 4.78 is 5.90. The number of ether oxygens (including phenoxy) is 1. The number of nitrogens with zero attached hydrogens (tertiary/aromatic N) is 1. The summed E-state index contributed by atoms with van der Waals surface area (Å²) >= 11 is 1.54. The van der Waals surface area contributed by atoms with Gasteiger partial charge >= 0.3 is 0 Å². The Balaban J connectivity index is 1.57. The molecule has 0 radical (unpaired) electrons. The van der Waals surface area contributed by atoms with Crippen LogP contribution in [0.5, 0.6) is 0 Å². The summed E-state index contributed by atoms with van der Waals surface area (Å²) in [6.07, 6.45) is 1.21. The maximum Gasteiger partial charge on any atom is 0.169 e. The van der Waals surface area contributed by atoms with E-state index < -0.39 is 0 Å². The summed E-state index contributed by atoms with van der Waals surface area (Å²) in [6.45, 7) is 5.20. The van der Waals surface area contributed by atoms with Gasteiger partial charge in [-0.15, -0.1) is 11.3 Å². The van der Waals surface area contributed by atoms with Crippen molar-refractivity contribution < 1.29 is 9.53 Å². The number of carbonyl (C=O) groups excluding carboxylic acids is 1. The number of benzene rings is 1. The fraction of sp³-hybridized carbons (Fsp3) is 0.389. The Hall–Kier alpha value is -1.49. The van der Waals surface area contributed by atoms with E-state index in [0.717, 1.165) is 37.5 Å². The fourth-order valence-electron chi connectivity index (χ4n) is 2.83. The summed E-state index contributed by atoms with van der Waals surface area (Å²) in [5.74, 6) is 0.153. The Labute approximate surface area is 135 Å². The smallest absolute Gasteiger partial charge is 0.169 e. The molecule has 1 aliphatic heterocycles. The third-order valence-electron chi connectivity index (χ3n) is 3.94. The molecule has 3 nitrogen and oxygen atoms in total. The topological polar surface area (TPSA) is 29.5 Å². The van der Waals surface area contributed by atoms with Crippen LogP contribution in [0.3, 0.4) is 0 Å². The molecule has 1 aromatic heterocycles. The van der Waals surface area contributed by atoms with Crippen LogP contribution in [0.2, 0.25) is 0 Å². The van der Waals surface area contributed by atoms with Gasteiger partial charge < -0.3 is 4.74 Å². The third kappa shape index (κ3) is 4.03. The van der Waals surface area contributed by atoms with Crippen LogP contribution in [0.15, 0.2) is 41.8 Å². The average molecular weight is 315 g/mol. The van der Waals surface area contributed by atoms with Crippen molar-refractivity contribution in [2.75, 3.05) is 19.7 Å². The number of ketones is 1. The molecule has 2 heterocycles. The number of Topliss-reactive ketones (excluding diaryl/α,β-unsaturated/α-hetero) is 1. The summed E-state index contributed by atoms with van der Waals surface area (Å²) in [7, 11) is 0. The van der Waals surface area contributed by atoms with Gasteiger partial charge in [0.15, 0.2) is 5.78 Å². The van der Waals surface area contributed by atoms with Gasteiger partial charge in [-0.3, -0.25) is 9.69 Å². The van der Waals surface area contributed by atoms with Gasteiger partial charge in [-0.2, -0.15) is 0 Å². The maximum absolute atomic E-state index is 11.4. The highest BCUT2D eigenvalue weighted by Gasteiger charge is 2.21. The normalized spacial score (nSPS) is 19.2. The highest BCUT2D eigenvalue weighted by atomic mass is 32.1. The SMILES string of the molecule is CC(=O)c1cc(CN2CCO[C@@H](Cc3ccccc3)C2)cs1. The molecule has 0 unspecified atom stereocenters. The zero-order chi connectivity index (χ0) is 15.4. The molecule has 1 aliphatic rings. The van der Waals surface area contributed by atoms with Crippen LogP contribution in [0.25, 0.3) is 0 Å². The molecule has 0 saturated carbocycles. The minimum atomic E-state index is 0.153. The molecule has 1 atom stereocenters. The predicted molar refractivity (Wildman–Crippen MR) is 89.5 cm³/mol. The summed E-state index contributed by atoms with van der Waals surface area (Å²) in [5, 5.41) is 2.10. The van der Waals surface area contributed by atoms with E-state index in [1.54, 1.807) is 18.3 Å². The molecule has 2 aromatic rings. The molecular weight excluding hydrogens is 294 g/mol. The predicted octanol–water partition coefficient (Wildman–Crippen LogP) is 3.39. The van der Waals surface area contributed by atoms with Crippen LogP contribution < -0.4 is 0 Å². The first-order valence-electron chi connectivity index (χ1n) is 7.67. The van der Waals surface area contributed by atoms with Gasteiger partial charge in [0, 0.05) is 19.6 Å². The number of hydrogen-bond acceptors (Lipinski definition) is 4. The zero-order valence-electron chi connectivity index (χ0n) is 12.8. The van der Waals surface area contributed by atoms with Crippen LogP contribution in [0, 0.1) is 0 Å². The van der Waals surface area contributed by atoms with E-state index in [0.29, 0.717) is 0 Å². The van der Waals surface area contributed by atoms with Crippen LogP contribution in [-0.2, 0) is 17.7 Å². The number of hydrogen-bond donors (Lipinski definition) is 0. The van der Waals surface area contributed by atoms with Crippen LogP contribution in [0.4, 0.5) is 0 Å². The van der Waals surface area contributed by atoms with Crippen molar-refractivity contribution in [3.8, 4) is 0 Å². The molecule has 1 aromatic carbocycles. The maximum atomic E-state index is 11.4. The molecule has 0 spiro atoms. The van der Waals surface area contributed by atoms with E-state index in [1.165, 1.54) is 11.1 Å². The molecule has 22 heavy (non-hydrogen) atoms. The first-order chi connectivity index (χ1) is 10.7. The second-order valence-corrected chi connectivity index (χ2v) is 6.70. The van der Waals surface area contributed by atoms with Crippen molar-refractivity contribution in [3.63, 3.8) is 0 Å². The average Bonchev–Trinajstić information content (AvgIpc) is 2.97. The minimum Gasteiger partial charge on any atom is -0.375 e. The Morgan fingerprint density at radius 2 is 2.14 bits per heavy atom. The van der Waals surface area contributed by atoms with E-state index in [4.69, 9.17) is 4.74 Å². The summed E-state index contributed by atoms with van der Waals surface area (Å²) in [4.78, 5) is 14.7. The summed E-state index contributed by atoms with van der Waals surface area (Å²) in [6, 6.07) is 12.5. The molecule has 1 saturated heterocycles. The van der Waals surface area contributed by atoms with Gasteiger partial charge in [-0.05, 0) is 35.9 Å². The van der Waals surface area contributed by atoms with E-state index in [9.17, 15) is 4.79 Å². The lowest BCUT2D eigenvalue weighted by Crippen LogP contribution is -2.42. The number of rotatable bonds is 5. The molecule has 0 bridgehead atoms. The van der Waals surface area contributed by atoms with Crippen molar-refractivity contribution in [1.29, 1.82) is 0 Å². The van der Waals surface area contributed by atoms with Gasteiger partial charge in [0.05, 0.1) is 17.6 Å². The monoisotopic (exact) mass is 315 g/mol. The van der Waals surface area contributed by atoms with E-state index in [2.05, 4.69) is 34.5 Å². The molecule has 0 amide bonds. The minimum absolute atomic E-state index is 0.153. The van der Waals surface area contributed by atoms with Gasteiger partial charge in [-0.1, -0.05) is 30.3 Å². The lowest BCUT2D eigenvalue weighted by Gasteiger charge is -2.32. The molecule has 0 aliphatic carbocycles.